The molecular weight excluding hydrogens is 308 g/mol. The molecule has 2 amide bonds. The highest BCUT2D eigenvalue weighted by Crippen LogP contribution is 2.33. The van der Waals surface area contributed by atoms with Crippen LogP contribution in [0.5, 0.6) is 0 Å². The normalized spacial score (nSPS) is 22.7. The molecule has 0 saturated carbocycles. The second-order valence-corrected chi connectivity index (χ2v) is 7.68. The number of thiophene rings is 1. The van der Waals surface area contributed by atoms with Crippen molar-refractivity contribution in [1.82, 2.24) is 10.9 Å². The quantitative estimate of drug-likeness (QED) is 0.656. The van der Waals surface area contributed by atoms with Gasteiger partial charge in [-0.05, 0) is 55.6 Å². The lowest BCUT2D eigenvalue weighted by Gasteiger charge is -2.19. The van der Waals surface area contributed by atoms with Gasteiger partial charge in [0.25, 0.3) is 5.91 Å². The molecule has 1 heterocycles. The Bertz CT molecular complexity index is 621. The van der Waals surface area contributed by atoms with Crippen molar-refractivity contribution in [2.45, 2.75) is 51.9 Å². The molecule has 0 aromatic carbocycles. The molecule has 0 saturated heterocycles. The Labute approximate surface area is 141 Å². The van der Waals surface area contributed by atoms with E-state index < -0.39 is 0 Å². The van der Waals surface area contributed by atoms with Gasteiger partial charge >= 0.3 is 0 Å². The maximum atomic E-state index is 12.2. The largest absolute Gasteiger partial charge is 0.279 e. The molecule has 0 aliphatic heterocycles. The van der Waals surface area contributed by atoms with Crippen LogP contribution in [0.3, 0.4) is 0 Å². The lowest BCUT2D eigenvalue weighted by Crippen LogP contribution is -2.41. The van der Waals surface area contributed by atoms with E-state index in [9.17, 15) is 9.59 Å². The highest BCUT2D eigenvalue weighted by atomic mass is 32.1. The van der Waals surface area contributed by atoms with Crippen molar-refractivity contribution >= 4 is 23.2 Å². The Kier molecular flexibility index (Phi) is 5.16. The van der Waals surface area contributed by atoms with Gasteiger partial charge in [-0.25, -0.2) is 0 Å². The molecule has 23 heavy (non-hydrogen) atoms. The van der Waals surface area contributed by atoms with Gasteiger partial charge in [-0.2, -0.15) is 0 Å². The number of carbonyl (C=O) groups excluding carboxylic acids is 2. The van der Waals surface area contributed by atoms with Crippen LogP contribution in [0.2, 0.25) is 0 Å². The SMILES string of the molecule is CC[C@H]1CCc2sc(C(=O)NNC(=O)C[C@@H]3C=CCC3)cc2C1. The van der Waals surface area contributed by atoms with Gasteiger partial charge in [-0.1, -0.05) is 25.5 Å². The third-order valence-electron chi connectivity index (χ3n) is 4.86. The molecule has 4 nitrogen and oxygen atoms in total. The van der Waals surface area contributed by atoms with Crippen molar-refractivity contribution in [2.75, 3.05) is 0 Å². The molecule has 2 N–H and O–H groups in total. The Balaban J connectivity index is 1.51. The van der Waals surface area contributed by atoms with E-state index in [4.69, 9.17) is 0 Å². The first-order valence-corrected chi connectivity index (χ1v) is 9.34. The van der Waals surface area contributed by atoms with E-state index in [0.717, 1.165) is 31.6 Å². The summed E-state index contributed by atoms with van der Waals surface area (Å²) in [6, 6.07) is 2.00. The van der Waals surface area contributed by atoms with Crippen molar-refractivity contribution in [1.29, 1.82) is 0 Å². The fraction of sp³-hybridized carbons (Fsp3) is 0.556. The highest BCUT2D eigenvalue weighted by Gasteiger charge is 2.22. The molecule has 2 aliphatic rings. The van der Waals surface area contributed by atoms with Gasteiger partial charge in [0.15, 0.2) is 0 Å². The fourth-order valence-electron chi connectivity index (χ4n) is 3.40. The molecule has 0 bridgehead atoms. The minimum absolute atomic E-state index is 0.123. The van der Waals surface area contributed by atoms with E-state index in [0.29, 0.717) is 17.2 Å². The third kappa shape index (κ3) is 4.02. The molecule has 1 aromatic rings. The predicted molar refractivity (Wildman–Crippen MR) is 92.2 cm³/mol. The molecule has 2 aliphatic carbocycles. The molecule has 0 spiro atoms. The van der Waals surface area contributed by atoms with Gasteiger partial charge in [0.05, 0.1) is 4.88 Å². The lowest BCUT2D eigenvalue weighted by molar-refractivity contribution is -0.122. The Hall–Kier alpha value is -1.62. The number of carbonyl (C=O) groups is 2. The van der Waals surface area contributed by atoms with Crippen LogP contribution in [-0.2, 0) is 17.6 Å². The van der Waals surface area contributed by atoms with E-state index in [-0.39, 0.29) is 11.8 Å². The third-order valence-corrected chi connectivity index (χ3v) is 6.10. The average molecular weight is 332 g/mol. The Morgan fingerprint density at radius 3 is 2.91 bits per heavy atom. The Morgan fingerprint density at radius 1 is 1.30 bits per heavy atom. The standard InChI is InChI=1S/C18H24N2O2S/c1-2-12-7-8-15-14(9-12)11-16(23-15)18(22)20-19-17(21)10-13-5-3-4-6-13/h3,5,11-13H,2,4,6-10H2,1H3,(H,19,21)(H,20,22)/t12-,13+/m0/s1. The minimum Gasteiger partial charge on any atom is -0.273 e. The van der Waals surface area contributed by atoms with Crippen molar-refractivity contribution in [3.63, 3.8) is 0 Å². The molecule has 0 fully saturated rings. The zero-order chi connectivity index (χ0) is 16.2. The van der Waals surface area contributed by atoms with E-state index >= 15 is 0 Å². The number of rotatable bonds is 4. The van der Waals surface area contributed by atoms with E-state index in [1.807, 2.05) is 6.07 Å². The van der Waals surface area contributed by atoms with Crippen molar-refractivity contribution in [2.24, 2.45) is 11.8 Å². The minimum atomic E-state index is -0.201. The number of hydrogen-bond donors (Lipinski definition) is 2. The summed E-state index contributed by atoms with van der Waals surface area (Å²) < 4.78 is 0. The van der Waals surface area contributed by atoms with Crippen LogP contribution in [0.25, 0.3) is 0 Å². The lowest BCUT2D eigenvalue weighted by atomic mass is 9.87. The van der Waals surface area contributed by atoms with Crippen LogP contribution in [-0.4, -0.2) is 11.8 Å². The van der Waals surface area contributed by atoms with Crippen LogP contribution < -0.4 is 10.9 Å². The summed E-state index contributed by atoms with van der Waals surface area (Å²) in [6.07, 6.45) is 11.3. The molecule has 124 valence electrons. The number of hydrogen-bond acceptors (Lipinski definition) is 3. The molecule has 5 heteroatoms. The van der Waals surface area contributed by atoms with Gasteiger partial charge in [0.1, 0.15) is 0 Å². The molecule has 2 atom stereocenters. The summed E-state index contributed by atoms with van der Waals surface area (Å²) in [7, 11) is 0. The number of allylic oxidation sites excluding steroid dienone is 2. The molecule has 0 unspecified atom stereocenters. The van der Waals surface area contributed by atoms with E-state index in [1.54, 1.807) is 11.3 Å². The molecular formula is C18H24N2O2S. The molecule has 0 radical (unpaired) electrons. The number of nitrogens with one attached hydrogen (secondary N) is 2. The maximum Gasteiger partial charge on any atom is 0.279 e. The number of hydrazine groups is 1. The highest BCUT2D eigenvalue weighted by molar-refractivity contribution is 7.14. The Morgan fingerprint density at radius 2 is 2.17 bits per heavy atom. The monoisotopic (exact) mass is 332 g/mol. The van der Waals surface area contributed by atoms with Crippen LogP contribution in [0.1, 0.15) is 59.1 Å². The second-order valence-electron chi connectivity index (χ2n) is 6.55. The first-order valence-electron chi connectivity index (χ1n) is 8.53. The number of amides is 2. The zero-order valence-corrected chi connectivity index (χ0v) is 14.4. The summed E-state index contributed by atoms with van der Waals surface area (Å²) in [5, 5.41) is 0. The van der Waals surface area contributed by atoms with Crippen LogP contribution in [0, 0.1) is 11.8 Å². The topological polar surface area (TPSA) is 58.2 Å². The van der Waals surface area contributed by atoms with Gasteiger partial charge in [0.2, 0.25) is 5.91 Å². The first kappa shape index (κ1) is 16.2. The van der Waals surface area contributed by atoms with Crippen molar-refractivity contribution in [3.8, 4) is 0 Å². The summed E-state index contributed by atoms with van der Waals surface area (Å²) >= 11 is 1.57. The fourth-order valence-corrected chi connectivity index (χ4v) is 4.51. The second kappa shape index (κ2) is 7.30. The van der Waals surface area contributed by atoms with Gasteiger partial charge in [-0.15, -0.1) is 11.3 Å². The molecule has 1 aromatic heterocycles. The van der Waals surface area contributed by atoms with Crippen molar-refractivity contribution in [3.05, 3.63) is 33.5 Å². The van der Waals surface area contributed by atoms with Gasteiger partial charge < -0.3 is 0 Å². The first-order chi connectivity index (χ1) is 11.2. The summed E-state index contributed by atoms with van der Waals surface area (Å²) in [6.45, 7) is 2.23. The average Bonchev–Trinajstić information content (AvgIpc) is 3.20. The maximum absolute atomic E-state index is 12.2. The number of aryl methyl sites for hydroxylation is 1. The summed E-state index contributed by atoms with van der Waals surface area (Å²) in [5.74, 6) is 0.731. The number of fused-ring (bicyclic) bond motifs is 1. The predicted octanol–water partition coefficient (Wildman–Crippen LogP) is 3.38. The van der Waals surface area contributed by atoms with Crippen LogP contribution >= 0.6 is 11.3 Å². The summed E-state index contributed by atoms with van der Waals surface area (Å²) in [5.41, 5.74) is 6.42. The smallest absolute Gasteiger partial charge is 0.273 e. The van der Waals surface area contributed by atoms with Crippen LogP contribution in [0.4, 0.5) is 0 Å². The summed E-state index contributed by atoms with van der Waals surface area (Å²) in [4.78, 5) is 26.1. The zero-order valence-electron chi connectivity index (χ0n) is 13.6. The van der Waals surface area contributed by atoms with E-state index in [2.05, 4.69) is 29.9 Å². The van der Waals surface area contributed by atoms with Gasteiger partial charge in [0, 0.05) is 11.3 Å². The van der Waals surface area contributed by atoms with Gasteiger partial charge in [-0.3, -0.25) is 20.4 Å². The van der Waals surface area contributed by atoms with E-state index in [1.165, 1.54) is 23.3 Å². The van der Waals surface area contributed by atoms with Crippen LogP contribution in [0.15, 0.2) is 18.2 Å². The van der Waals surface area contributed by atoms with Crippen molar-refractivity contribution < 1.29 is 9.59 Å². The molecule has 3 rings (SSSR count).